The summed E-state index contributed by atoms with van der Waals surface area (Å²) < 4.78 is 6.47. The molecule has 1 amide bonds. The smallest absolute Gasteiger partial charge is 0.258 e. The van der Waals surface area contributed by atoms with Gasteiger partial charge in [0.1, 0.15) is 5.75 Å². The van der Waals surface area contributed by atoms with E-state index in [1.165, 1.54) is 0 Å². The van der Waals surface area contributed by atoms with E-state index in [0.717, 1.165) is 29.5 Å². The second-order valence-electron chi connectivity index (χ2n) is 5.01. The number of likely N-dealkylation sites (tertiary alicyclic amines) is 1. The van der Waals surface area contributed by atoms with E-state index in [9.17, 15) is 4.79 Å². The van der Waals surface area contributed by atoms with Crippen LogP contribution in [-0.4, -0.2) is 43.6 Å². The summed E-state index contributed by atoms with van der Waals surface area (Å²) in [6, 6.07) is 5.66. The number of hydrogen-bond donors (Lipinski definition) is 1. The Morgan fingerprint density at radius 1 is 1.50 bits per heavy atom. The third-order valence-corrected chi connectivity index (χ3v) is 4.46. The molecular formula is C14H18ClIN2O2. The van der Waals surface area contributed by atoms with Crippen molar-refractivity contribution in [2.75, 3.05) is 26.7 Å². The first-order chi connectivity index (χ1) is 9.54. The molecule has 110 valence electrons. The molecule has 0 saturated carbocycles. The lowest BCUT2D eigenvalue weighted by Crippen LogP contribution is -2.44. The van der Waals surface area contributed by atoms with Gasteiger partial charge in [-0.3, -0.25) is 4.79 Å². The minimum atomic E-state index is -0.0738. The van der Waals surface area contributed by atoms with E-state index in [1.54, 1.807) is 12.1 Å². The molecule has 1 aromatic carbocycles. The van der Waals surface area contributed by atoms with Gasteiger partial charge in [0.2, 0.25) is 0 Å². The zero-order valence-electron chi connectivity index (χ0n) is 11.4. The zero-order valence-corrected chi connectivity index (χ0v) is 14.3. The molecule has 1 aliphatic heterocycles. The lowest BCUT2D eigenvalue weighted by molar-refractivity contribution is -0.124. The highest BCUT2D eigenvalue weighted by Gasteiger charge is 2.18. The topological polar surface area (TPSA) is 41.6 Å². The van der Waals surface area contributed by atoms with Gasteiger partial charge in [-0.1, -0.05) is 11.6 Å². The Bertz CT molecular complexity index is 476. The molecule has 4 nitrogen and oxygen atoms in total. The van der Waals surface area contributed by atoms with Crippen molar-refractivity contribution in [2.45, 2.75) is 18.9 Å². The lowest BCUT2D eigenvalue weighted by atomic mass is 10.1. The Kier molecular flexibility index (Phi) is 5.92. The predicted octanol–water partition coefficient (Wildman–Crippen LogP) is 2.53. The Morgan fingerprint density at radius 3 is 2.90 bits per heavy atom. The quantitative estimate of drug-likeness (QED) is 0.779. The molecule has 6 heteroatoms. The van der Waals surface area contributed by atoms with Gasteiger partial charge in [0.15, 0.2) is 6.61 Å². The van der Waals surface area contributed by atoms with Gasteiger partial charge in [-0.15, -0.1) is 0 Å². The first kappa shape index (κ1) is 15.9. The van der Waals surface area contributed by atoms with Crippen molar-refractivity contribution in [3.05, 3.63) is 26.8 Å². The molecule has 1 fully saturated rings. The molecule has 0 spiro atoms. The molecule has 2 rings (SSSR count). The van der Waals surface area contributed by atoms with E-state index in [0.29, 0.717) is 10.8 Å². The molecule has 1 aromatic rings. The van der Waals surface area contributed by atoms with Crippen LogP contribution in [0.3, 0.4) is 0 Å². The number of rotatable bonds is 4. The number of ether oxygens (including phenoxy) is 1. The first-order valence-corrected chi connectivity index (χ1v) is 8.06. The van der Waals surface area contributed by atoms with E-state index < -0.39 is 0 Å². The summed E-state index contributed by atoms with van der Waals surface area (Å²) in [4.78, 5) is 14.1. The third-order valence-electron chi connectivity index (χ3n) is 3.34. The number of halogens is 2. The number of piperidine rings is 1. The Labute approximate surface area is 137 Å². The summed E-state index contributed by atoms with van der Waals surface area (Å²) in [6.45, 7) is 2.08. The highest BCUT2D eigenvalue weighted by Crippen LogP contribution is 2.24. The number of carbonyl (C=O) groups excluding carboxylic acids is 1. The van der Waals surface area contributed by atoms with Crippen LogP contribution in [0, 0.1) is 3.57 Å². The van der Waals surface area contributed by atoms with Crippen LogP contribution in [0.4, 0.5) is 0 Å². The zero-order chi connectivity index (χ0) is 14.5. The molecule has 0 atom stereocenters. The summed E-state index contributed by atoms with van der Waals surface area (Å²) in [6.07, 6.45) is 1.99. The average molecular weight is 409 g/mol. The van der Waals surface area contributed by atoms with Crippen molar-refractivity contribution in [1.82, 2.24) is 10.2 Å². The summed E-state index contributed by atoms with van der Waals surface area (Å²) in [5, 5.41) is 3.63. The van der Waals surface area contributed by atoms with Crippen LogP contribution in [0.15, 0.2) is 18.2 Å². The van der Waals surface area contributed by atoms with Crippen LogP contribution >= 0.6 is 34.2 Å². The van der Waals surface area contributed by atoms with Gasteiger partial charge in [0.25, 0.3) is 5.91 Å². The number of benzene rings is 1. The van der Waals surface area contributed by atoms with Crippen molar-refractivity contribution in [2.24, 2.45) is 0 Å². The van der Waals surface area contributed by atoms with Crippen LogP contribution in [-0.2, 0) is 4.79 Å². The fourth-order valence-corrected chi connectivity index (χ4v) is 2.81. The van der Waals surface area contributed by atoms with Gasteiger partial charge in [-0.05, 0) is 73.8 Å². The van der Waals surface area contributed by atoms with Gasteiger partial charge in [-0.25, -0.2) is 0 Å². The molecule has 1 heterocycles. The van der Waals surface area contributed by atoms with E-state index in [-0.39, 0.29) is 18.6 Å². The van der Waals surface area contributed by atoms with Gasteiger partial charge in [0, 0.05) is 11.1 Å². The van der Waals surface area contributed by atoms with E-state index in [4.69, 9.17) is 16.3 Å². The average Bonchev–Trinajstić information content (AvgIpc) is 2.42. The molecule has 1 aliphatic rings. The largest absolute Gasteiger partial charge is 0.483 e. The summed E-state index contributed by atoms with van der Waals surface area (Å²) >= 11 is 8.07. The Hall–Kier alpha value is -0.530. The van der Waals surface area contributed by atoms with E-state index in [2.05, 4.69) is 39.9 Å². The molecule has 0 aromatic heterocycles. The highest BCUT2D eigenvalue weighted by molar-refractivity contribution is 14.1. The number of nitrogens with zero attached hydrogens (tertiary/aromatic N) is 1. The second kappa shape index (κ2) is 7.47. The number of carbonyl (C=O) groups is 1. The van der Waals surface area contributed by atoms with E-state index >= 15 is 0 Å². The van der Waals surface area contributed by atoms with Gasteiger partial charge in [0.05, 0.1) is 3.57 Å². The minimum absolute atomic E-state index is 0.0304. The van der Waals surface area contributed by atoms with Gasteiger partial charge < -0.3 is 15.0 Å². The Morgan fingerprint density at radius 2 is 2.20 bits per heavy atom. The fourth-order valence-electron chi connectivity index (χ4n) is 2.15. The van der Waals surface area contributed by atoms with Crippen LogP contribution in [0.1, 0.15) is 12.8 Å². The number of hydrogen-bond acceptors (Lipinski definition) is 3. The third kappa shape index (κ3) is 4.79. The monoisotopic (exact) mass is 408 g/mol. The van der Waals surface area contributed by atoms with Crippen LogP contribution in [0.2, 0.25) is 5.02 Å². The molecule has 20 heavy (non-hydrogen) atoms. The van der Waals surface area contributed by atoms with Crippen molar-refractivity contribution in [3.8, 4) is 5.75 Å². The standard InChI is InChI=1S/C14H18ClIN2O2/c1-18-6-4-11(5-7-18)17-14(19)9-20-13-8-10(15)2-3-12(13)16/h2-3,8,11H,4-7,9H2,1H3,(H,17,19). The predicted molar refractivity (Wildman–Crippen MR) is 88.3 cm³/mol. The molecule has 1 N–H and O–H groups in total. The number of nitrogens with one attached hydrogen (secondary N) is 1. The lowest BCUT2D eigenvalue weighted by Gasteiger charge is -2.29. The van der Waals surface area contributed by atoms with Gasteiger partial charge in [-0.2, -0.15) is 0 Å². The Balaban J connectivity index is 1.79. The minimum Gasteiger partial charge on any atom is -0.483 e. The maximum absolute atomic E-state index is 11.9. The number of amides is 1. The van der Waals surface area contributed by atoms with Crippen molar-refractivity contribution in [3.63, 3.8) is 0 Å². The molecule has 0 bridgehead atoms. The fraction of sp³-hybridized carbons (Fsp3) is 0.500. The van der Waals surface area contributed by atoms with Crippen LogP contribution < -0.4 is 10.1 Å². The van der Waals surface area contributed by atoms with Crippen LogP contribution in [0.25, 0.3) is 0 Å². The molecular weight excluding hydrogens is 391 g/mol. The maximum Gasteiger partial charge on any atom is 0.258 e. The normalized spacial score (nSPS) is 16.9. The van der Waals surface area contributed by atoms with Crippen LogP contribution in [0.5, 0.6) is 5.75 Å². The molecule has 0 unspecified atom stereocenters. The molecule has 1 saturated heterocycles. The molecule has 0 radical (unpaired) electrons. The van der Waals surface area contributed by atoms with Crippen molar-refractivity contribution >= 4 is 40.1 Å². The van der Waals surface area contributed by atoms with Crippen molar-refractivity contribution < 1.29 is 9.53 Å². The maximum atomic E-state index is 11.9. The van der Waals surface area contributed by atoms with Gasteiger partial charge >= 0.3 is 0 Å². The summed E-state index contributed by atoms with van der Waals surface area (Å²) in [7, 11) is 2.10. The first-order valence-electron chi connectivity index (χ1n) is 6.60. The van der Waals surface area contributed by atoms with E-state index in [1.807, 2.05) is 6.07 Å². The summed E-state index contributed by atoms with van der Waals surface area (Å²) in [5.74, 6) is 0.576. The SMILES string of the molecule is CN1CCC(NC(=O)COc2cc(Cl)ccc2I)CC1. The second-order valence-corrected chi connectivity index (χ2v) is 6.61. The highest BCUT2D eigenvalue weighted by atomic mass is 127. The summed E-state index contributed by atoms with van der Waals surface area (Å²) in [5.41, 5.74) is 0. The van der Waals surface area contributed by atoms with Crippen molar-refractivity contribution in [1.29, 1.82) is 0 Å². The molecule has 0 aliphatic carbocycles.